The summed E-state index contributed by atoms with van der Waals surface area (Å²) in [5.41, 5.74) is -1.08. The molecule has 45 heavy (non-hydrogen) atoms. The fourth-order valence-electron chi connectivity index (χ4n) is 4.57. The molecule has 0 aromatic heterocycles. The Bertz CT molecular complexity index is 1530. The SMILES string of the molecule is C=CC(c1cc(S(=O)(=O)C(C=C)c2ccc(N(C)C)cc2)ccc1C(F)(F)F)S(=O)(=O)NC1CCNCC1.CC(C)(C)OC=O. The zero-order valence-electron chi connectivity index (χ0n) is 26.1. The number of halogens is 3. The maximum Gasteiger partial charge on any atom is 0.416 e. The minimum Gasteiger partial charge on any atom is -0.462 e. The van der Waals surface area contributed by atoms with Gasteiger partial charge in [0, 0.05) is 25.8 Å². The van der Waals surface area contributed by atoms with Crippen LogP contribution in [0.2, 0.25) is 0 Å². The summed E-state index contributed by atoms with van der Waals surface area (Å²) in [4.78, 5) is 11.0. The number of nitrogens with zero attached hydrogens (tertiary/aromatic N) is 1. The fourth-order valence-corrected chi connectivity index (χ4v) is 7.81. The van der Waals surface area contributed by atoms with E-state index in [-0.39, 0.29) is 5.60 Å². The molecule has 2 unspecified atom stereocenters. The standard InChI is InChI=1S/C26H32F3N3O4S2.C5H10O2/c1-5-24(18-7-9-20(10-8-18)32(3)4)37(33,34)21-11-12-23(26(27,28)29)22(17-21)25(6-2)38(35,36)31-19-13-15-30-16-14-19;1-5(2,3)7-4-6/h5-12,17,19,24-25,30-31H,1-2,13-16H2,3-4H3;4H,1-3H3. The molecule has 1 aliphatic rings. The van der Waals surface area contributed by atoms with Crippen LogP contribution in [0, 0.1) is 0 Å². The molecular formula is C31H42F3N3O6S2. The average molecular weight is 674 g/mol. The van der Waals surface area contributed by atoms with E-state index < -0.39 is 58.6 Å². The highest BCUT2D eigenvalue weighted by atomic mass is 32.2. The van der Waals surface area contributed by atoms with Gasteiger partial charge < -0.3 is 15.0 Å². The molecule has 2 aromatic carbocycles. The Kier molecular flexibility index (Phi) is 13.0. The van der Waals surface area contributed by atoms with E-state index in [0.29, 0.717) is 44.0 Å². The van der Waals surface area contributed by atoms with Crippen molar-refractivity contribution in [1.29, 1.82) is 0 Å². The third-order valence-electron chi connectivity index (χ3n) is 6.87. The van der Waals surface area contributed by atoms with E-state index in [4.69, 9.17) is 0 Å². The van der Waals surface area contributed by atoms with Gasteiger partial charge in [-0.25, -0.2) is 21.6 Å². The van der Waals surface area contributed by atoms with Crippen LogP contribution in [0.15, 0.2) is 72.7 Å². The van der Waals surface area contributed by atoms with Gasteiger partial charge in [-0.15, -0.1) is 13.2 Å². The van der Waals surface area contributed by atoms with Crippen molar-refractivity contribution in [2.24, 2.45) is 0 Å². The van der Waals surface area contributed by atoms with Crippen LogP contribution in [0.1, 0.15) is 60.8 Å². The molecule has 1 saturated heterocycles. The molecule has 0 spiro atoms. The minimum absolute atomic E-state index is 0.318. The van der Waals surface area contributed by atoms with Crippen LogP contribution in [-0.2, 0) is 35.6 Å². The van der Waals surface area contributed by atoms with E-state index in [1.54, 1.807) is 24.3 Å². The van der Waals surface area contributed by atoms with Crippen LogP contribution in [0.3, 0.4) is 0 Å². The van der Waals surface area contributed by atoms with Gasteiger partial charge in [0.2, 0.25) is 10.0 Å². The summed E-state index contributed by atoms with van der Waals surface area (Å²) in [6, 6.07) is 8.41. The molecule has 2 N–H and O–H groups in total. The van der Waals surface area contributed by atoms with Crippen molar-refractivity contribution in [2.45, 2.75) is 66.8 Å². The molecule has 1 heterocycles. The van der Waals surface area contributed by atoms with Crippen molar-refractivity contribution < 1.29 is 39.5 Å². The second-order valence-corrected chi connectivity index (χ2v) is 15.5. The number of carbonyl (C=O) groups is 1. The normalized spacial score (nSPS) is 16.0. The lowest BCUT2D eigenvalue weighted by atomic mass is 10.0. The van der Waals surface area contributed by atoms with Crippen LogP contribution in [0.25, 0.3) is 0 Å². The van der Waals surface area contributed by atoms with E-state index in [9.17, 15) is 34.8 Å². The van der Waals surface area contributed by atoms with Gasteiger partial charge in [-0.05, 0) is 88.2 Å². The van der Waals surface area contributed by atoms with E-state index in [0.717, 1.165) is 23.9 Å². The first-order valence-corrected chi connectivity index (χ1v) is 17.2. The fraction of sp³-hybridized carbons (Fsp3) is 0.452. The Morgan fingerprint density at radius 1 is 0.956 bits per heavy atom. The average Bonchev–Trinajstić information content (AvgIpc) is 2.93. The van der Waals surface area contributed by atoms with E-state index in [1.165, 1.54) is 6.08 Å². The van der Waals surface area contributed by atoms with E-state index >= 15 is 0 Å². The first kappa shape index (κ1) is 38.0. The van der Waals surface area contributed by atoms with Crippen LogP contribution in [0.5, 0.6) is 0 Å². The lowest BCUT2D eigenvalue weighted by molar-refractivity contribution is -0.139. The Balaban J connectivity index is 0.000000900. The zero-order valence-corrected chi connectivity index (χ0v) is 27.7. The number of anilines is 1. The van der Waals surface area contributed by atoms with Crippen molar-refractivity contribution in [3.63, 3.8) is 0 Å². The summed E-state index contributed by atoms with van der Waals surface area (Å²) in [6.45, 7) is 14.1. The Morgan fingerprint density at radius 3 is 1.93 bits per heavy atom. The van der Waals surface area contributed by atoms with Crippen molar-refractivity contribution in [2.75, 3.05) is 32.1 Å². The highest BCUT2D eigenvalue weighted by molar-refractivity contribution is 7.92. The molecule has 0 bridgehead atoms. The largest absolute Gasteiger partial charge is 0.462 e. The molecule has 0 amide bonds. The van der Waals surface area contributed by atoms with E-state index in [1.807, 2.05) is 39.8 Å². The first-order chi connectivity index (χ1) is 20.8. The van der Waals surface area contributed by atoms with Gasteiger partial charge >= 0.3 is 6.18 Å². The number of ether oxygens (including phenoxy) is 1. The molecule has 14 heteroatoms. The van der Waals surface area contributed by atoms with Crippen molar-refractivity contribution in [3.05, 3.63) is 84.5 Å². The number of alkyl halides is 3. The van der Waals surface area contributed by atoms with Gasteiger partial charge in [-0.1, -0.05) is 24.3 Å². The van der Waals surface area contributed by atoms with Gasteiger partial charge in [0.15, 0.2) is 9.84 Å². The lowest BCUT2D eigenvalue weighted by Crippen LogP contribution is -2.44. The third kappa shape index (κ3) is 10.4. The number of hydrogen-bond acceptors (Lipinski definition) is 8. The van der Waals surface area contributed by atoms with Gasteiger partial charge in [-0.2, -0.15) is 13.2 Å². The van der Waals surface area contributed by atoms with Crippen molar-refractivity contribution >= 4 is 32.0 Å². The number of rotatable bonds is 11. The molecule has 2 atom stereocenters. The molecular weight excluding hydrogens is 631 g/mol. The molecule has 3 rings (SSSR count). The number of hydrogen-bond donors (Lipinski definition) is 2. The summed E-state index contributed by atoms with van der Waals surface area (Å²) in [5.74, 6) is 0. The number of nitrogens with one attached hydrogen (secondary N) is 2. The molecule has 0 radical (unpaired) electrons. The molecule has 1 fully saturated rings. The number of piperidine rings is 1. The Hall–Kier alpha value is -3.20. The summed E-state index contributed by atoms with van der Waals surface area (Å²) in [7, 11) is -5.02. The minimum atomic E-state index is -4.93. The quantitative estimate of drug-likeness (QED) is 0.243. The smallest absolute Gasteiger partial charge is 0.416 e. The van der Waals surface area contributed by atoms with Gasteiger partial charge in [0.25, 0.3) is 6.47 Å². The van der Waals surface area contributed by atoms with Crippen LogP contribution in [-0.4, -0.2) is 62.1 Å². The lowest BCUT2D eigenvalue weighted by Gasteiger charge is -2.27. The summed E-state index contributed by atoms with van der Waals surface area (Å²) >= 11 is 0. The molecule has 9 nitrogen and oxygen atoms in total. The predicted molar refractivity (Wildman–Crippen MR) is 170 cm³/mol. The first-order valence-electron chi connectivity index (χ1n) is 14.1. The highest BCUT2D eigenvalue weighted by Gasteiger charge is 2.40. The third-order valence-corrected chi connectivity index (χ3v) is 10.7. The monoisotopic (exact) mass is 673 g/mol. The summed E-state index contributed by atoms with van der Waals surface area (Å²) in [6.07, 6.45) is -1.91. The van der Waals surface area contributed by atoms with Crippen molar-refractivity contribution in [3.8, 4) is 0 Å². The topological polar surface area (TPSA) is 122 Å². The predicted octanol–water partition coefficient (Wildman–Crippen LogP) is 5.33. The number of sulfone groups is 1. The van der Waals surface area contributed by atoms with E-state index in [2.05, 4.69) is 27.9 Å². The zero-order chi connectivity index (χ0) is 34.2. The Morgan fingerprint density at radius 2 is 1.51 bits per heavy atom. The second kappa shape index (κ2) is 15.4. The van der Waals surface area contributed by atoms with Crippen LogP contribution < -0.4 is 14.9 Å². The molecule has 0 aliphatic carbocycles. The number of benzene rings is 2. The maximum atomic E-state index is 14.0. The Labute approximate surface area is 264 Å². The van der Waals surface area contributed by atoms with Gasteiger partial charge in [0.1, 0.15) is 16.1 Å². The summed E-state index contributed by atoms with van der Waals surface area (Å²) < 4.78 is 103. The molecule has 1 aliphatic heterocycles. The van der Waals surface area contributed by atoms with Crippen molar-refractivity contribution in [1.82, 2.24) is 10.0 Å². The van der Waals surface area contributed by atoms with Crippen LogP contribution >= 0.6 is 0 Å². The molecule has 2 aromatic rings. The molecule has 250 valence electrons. The summed E-state index contributed by atoms with van der Waals surface area (Å²) in [5, 5.41) is -0.0110. The number of sulfonamides is 1. The van der Waals surface area contributed by atoms with Gasteiger partial charge in [-0.3, -0.25) is 4.79 Å². The number of carbonyl (C=O) groups excluding carboxylic acids is 1. The molecule has 0 saturated carbocycles. The maximum absolute atomic E-state index is 14.0. The second-order valence-electron chi connectivity index (χ2n) is 11.6. The van der Waals surface area contributed by atoms with Gasteiger partial charge in [0.05, 0.1) is 10.5 Å². The highest BCUT2D eigenvalue weighted by Crippen LogP contribution is 2.40. The van der Waals surface area contributed by atoms with Crippen LogP contribution in [0.4, 0.5) is 18.9 Å².